The van der Waals surface area contributed by atoms with Crippen molar-refractivity contribution in [2.45, 2.75) is 23.7 Å². The van der Waals surface area contributed by atoms with Crippen LogP contribution in [0.25, 0.3) is 0 Å². The first-order chi connectivity index (χ1) is 13.5. The molecule has 0 amide bonds. The maximum Gasteiger partial charge on any atom is 0.338 e. The first kappa shape index (κ1) is 20.1. The third kappa shape index (κ3) is 4.59. The summed E-state index contributed by atoms with van der Waals surface area (Å²) in [5.74, 6) is -1.26. The predicted octanol–water partition coefficient (Wildman–Crippen LogP) is 2.34. The molecular weight excluding hydrogens is 384 g/mol. The van der Waals surface area contributed by atoms with Crippen molar-refractivity contribution in [2.75, 3.05) is 6.61 Å². The highest BCUT2D eigenvalue weighted by Crippen LogP contribution is 2.27. The average molecular weight is 403 g/mol. The van der Waals surface area contributed by atoms with Crippen LogP contribution in [0.1, 0.15) is 20.7 Å². The lowest BCUT2D eigenvalue weighted by atomic mass is 9.91. The first-order valence-corrected chi connectivity index (χ1v) is 9.10. The fourth-order valence-corrected chi connectivity index (χ4v) is 3.13. The van der Waals surface area contributed by atoms with Gasteiger partial charge in [0.1, 0.15) is 18.8 Å². The van der Waals surface area contributed by atoms with Gasteiger partial charge in [-0.15, -0.1) is 11.6 Å². The van der Waals surface area contributed by atoms with Crippen molar-refractivity contribution in [3.63, 3.8) is 0 Å². The van der Waals surface area contributed by atoms with Crippen LogP contribution in [-0.2, 0) is 9.47 Å². The van der Waals surface area contributed by atoms with E-state index in [2.05, 4.69) is 0 Å². The van der Waals surface area contributed by atoms with Gasteiger partial charge in [0, 0.05) is 0 Å². The topological polar surface area (TPSA) is 93.1 Å². The molecule has 4 atom stereocenters. The number of hydrogen-bond donors (Lipinski definition) is 2. The molecule has 146 valence electrons. The molecule has 0 radical (unpaired) electrons. The van der Waals surface area contributed by atoms with Crippen LogP contribution in [0.5, 0.6) is 0 Å². The molecule has 6 nitrogen and oxygen atoms in total. The first-order valence-electron chi connectivity index (χ1n) is 8.66. The molecule has 0 aromatic heterocycles. The lowest BCUT2D eigenvalue weighted by Crippen LogP contribution is -2.50. The number of aliphatic hydroxyl groups excluding tert-OH is 2. The fraction of sp³-hybridized carbons (Fsp3) is 0.238. The van der Waals surface area contributed by atoms with Crippen molar-refractivity contribution in [1.82, 2.24) is 0 Å². The number of halogens is 1. The maximum atomic E-state index is 12.3. The van der Waals surface area contributed by atoms with Gasteiger partial charge >= 0.3 is 11.9 Å². The summed E-state index contributed by atoms with van der Waals surface area (Å²) in [5, 5.41) is 19.9. The van der Waals surface area contributed by atoms with Crippen molar-refractivity contribution >= 4 is 23.5 Å². The Labute approximate surface area is 167 Å². The Balaban J connectivity index is 1.68. The molecule has 0 heterocycles. The van der Waals surface area contributed by atoms with Gasteiger partial charge in [0.15, 0.2) is 6.10 Å². The number of hydrogen-bond acceptors (Lipinski definition) is 6. The lowest BCUT2D eigenvalue weighted by Gasteiger charge is -2.34. The quantitative estimate of drug-likeness (QED) is 0.453. The molecule has 1 aliphatic rings. The number of alkyl halides is 1. The Morgan fingerprint density at radius 3 is 2.00 bits per heavy atom. The minimum absolute atomic E-state index is 0.246. The van der Waals surface area contributed by atoms with Gasteiger partial charge in [-0.05, 0) is 29.8 Å². The van der Waals surface area contributed by atoms with Gasteiger partial charge in [-0.25, -0.2) is 9.59 Å². The highest BCUT2D eigenvalue weighted by Gasteiger charge is 2.41. The van der Waals surface area contributed by atoms with Gasteiger partial charge in [0.25, 0.3) is 0 Å². The Kier molecular flexibility index (Phi) is 6.46. The zero-order valence-electron chi connectivity index (χ0n) is 14.8. The monoisotopic (exact) mass is 402 g/mol. The van der Waals surface area contributed by atoms with E-state index in [9.17, 15) is 19.8 Å². The van der Waals surface area contributed by atoms with E-state index in [0.29, 0.717) is 5.56 Å². The highest BCUT2D eigenvalue weighted by atomic mass is 35.5. The van der Waals surface area contributed by atoms with Crippen LogP contribution >= 0.6 is 11.6 Å². The molecule has 2 aromatic rings. The minimum atomic E-state index is -1.36. The molecule has 0 spiro atoms. The summed E-state index contributed by atoms with van der Waals surface area (Å²) in [7, 11) is 0. The number of carbonyl (C=O) groups excluding carboxylic acids is 2. The predicted molar refractivity (Wildman–Crippen MR) is 102 cm³/mol. The van der Waals surface area contributed by atoms with E-state index in [1.165, 1.54) is 6.08 Å². The van der Waals surface area contributed by atoms with Crippen molar-refractivity contribution in [3.05, 3.63) is 83.4 Å². The number of benzene rings is 2. The van der Waals surface area contributed by atoms with Gasteiger partial charge in [-0.1, -0.05) is 42.5 Å². The van der Waals surface area contributed by atoms with Crippen LogP contribution in [0.4, 0.5) is 0 Å². The van der Waals surface area contributed by atoms with Gasteiger partial charge in [0.05, 0.1) is 16.5 Å². The minimum Gasteiger partial charge on any atom is -0.457 e. The molecule has 1 aliphatic carbocycles. The lowest BCUT2D eigenvalue weighted by molar-refractivity contribution is -0.0688. The van der Waals surface area contributed by atoms with E-state index in [1.807, 2.05) is 0 Å². The second-order valence-electron chi connectivity index (χ2n) is 6.30. The van der Waals surface area contributed by atoms with Gasteiger partial charge in [0.2, 0.25) is 0 Å². The molecule has 7 heteroatoms. The number of aliphatic hydroxyl groups is 2. The Bertz CT molecular complexity index is 852. The molecule has 3 rings (SSSR count). The second kappa shape index (κ2) is 9.01. The highest BCUT2D eigenvalue weighted by molar-refractivity contribution is 6.22. The van der Waals surface area contributed by atoms with E-state index in [-0.39, 0.29) is 17.7 Å². The molecular formula is C21H19ClO6. The average Bonchev–Trinajstić information content (AvgIpc) is 2.73. The zero-order chi connectivity index (χ0) is 20.1. The second-order valence-corrected chi connectivity index (χ2v) is 6.80. The summed E-state index contributed by atoms with van der Waals surface area (Å²) in [6.45, 7) is -0.246. The number of carbonyl (C=O) groups is 2. The summed E-state index contributed by atoms with van der Waals surface area (Å²) in [6, 6.07) is 16.6. The standard InChI is InChI=1S/C21H19ClO6/c22-16-11-15(12-27-20(25)13-7-3-1-4-8-13)17(23)19(18(16)24)28-21(26)14-9-5-2-6-10-14/h1-11,16-19,23-24H,12H2/t16-,17+,18-,19+/m0/s1. The summed E-state index contributed by atoms with van der Waals surface area (Å²) >= 11 is 6.11. The molecule has 0 saturated heterocycles. The van der Waals surface area contributed by atoms with Gasteiger partial charge < -0.3 is 19.7 Å². The number of rotatable bonds is 5. The van der Waals surface area contributed by atoms with E-state index in [1.54, 1.807) is 60.7 Å². The van der Waals surface area contributed by atoms with Crippen LogP contribution in [0, 0.1) is 0 Å². The fourth-order valence-electron chi connectivity index (χ4n) is 2.82. The number of ether oxygens (including phenoxy) is 2. The van der Waals surface area contributed by atoms with Crippen molar-refractivity contribution in [2.24, 2.45) is 0 Å². The molecule has 28 heavy (non-hydrogen) atoms. The molecule has 0 aliphatic heterocycles. The molecule has 0 bridgehead atoms. The third-order valence-corrected chi connectivity index (χ3v) is 4.74. The Morgan fingerprint density at radius 2 is 1.43 bits per heavy atom. The maximum absolute atomic E-state index is 12.3. The van der Waals surface area contributed by atoms with E-state index in [0.717, 1.165) is 0 Å². The SMILES string of the molecule is O=C(OCC1=C[C@H](Cl)[C@H](O)[C@H](OC(=O)c2ccccc2)[C@@H]1O)c1ccccc1. The van der Waals surface area contributed by atoms with E-state index in [4.69, 9.17) is 21.1 Å². The number of esters is 2. The summed E-state index contributed by atoms with van der Waals surface area (Å²) < 4.78 is 10.5. The molecule has 0 saturated carbocycles. The smallest absolute Gasteiger partial charge is 0.338 e. The van der Waals surface area contributed by atoms with Crippen molar-refractivity contribution in [3.8, 4) is 0 Å². The van der Waals surface area contributed by atoms with Crippen molar-refractivity contribution < 1.29 is 29.3 Å². The molecule has 0 fully saturated rings. The van der Waals surface area contributed by atoms with Crippen LogP contribution in [0.15, 0.2) is 72.3 Å². The van der Waals surface area contributed by atoms with Crippen LogP contribution in [0.3, 0.4) is 0 Å². The largest absolute Gasteiger partial charge is 0.457 e. The van der Waals surface area contributed by atoms with Crippen LogP contribution in [-0.4, -0.2) is 52.4 Å². The normalized spacial score (nSPS) is 24.2. The summed E-state index contributed by atoms with van der Waals surface area (Å²) in [5.41, 5.74) is 0.892. The van der Waals surface area contributed by atoms with E-state index < -0.39 is 35.6 Å². The Hall–Kier alpha value is -2.67. The van der Waals surface area contributed by atoms with E-state index >= 15 is 0 Å². The molecule has 0 unspecified atom stereocenters. The van der Waals surface area contributed by atoms with Crippen LogP contribution < -0.4 is 0 Å². The van der Waals surface area contributed by atoms with Gasteiger partial charge in [-0.3, -0.25) is 0 Å². The zero-order valence-corrected chi connectivity index (χ0v) is 15.5. The van der Waals surface area contributed by atoms with Gasteiger partial charge in [-0.2, -0.15) is 0 Å². The summed E-state index contributed by atoms with van der Waals surface area (Å²) in [4.78, 5) is 24.4. The third-order valence-electron chi connectivity index (χ3n) is 4.36. The summed E-state index contributed by atoms with van der Waals surface area (Å²) in [6.07, 6.45) is -2.55. The molecule has 2 aromatic carbocycles. The van der Waals surface area contributed by atoms with Crippen molar-refractivity contribution in [1.29, 1.82) is 0 Å². The molecule has 2 N–H and O–H groups in total. The Morgan fingerprint density at radius 1 is 0.893 bits per heavy atom. The van der Waals surface area contributed by atoms with Crippen LogP contribution in [0.2, 0.25) is 0 Å².